The van der Waals surface area contributed by atoms with Gasteiger partial charge in [-0.1, -0.05) is 0 Å². The third-order valence-electron chi connectivity index (χ3n) is 4.12. The van der Waals surface area contributed by atoms with Gasteiger partial charge in [-0.15, -0.1) is 0 Å². The van der Waals surface area contributed by atoms with Crippen molar-refractivity contribution in [2.24, 2.45) is 4.99 Å². The van der Waals surface area contributed by atoms with Gasteiger partial charge in [0.2, 0.25) is 0 Å². The molecule has 23 heavy (non-hydrogen) atoms. The molecule has 2 aliphatic rings. The maximum atomic E-state index is 13.6. The highest BCUT2D eigenvalue weighted by Crippen LogP contribution is 2.38. The van der Waals surface area contributed by atoms with E-state index in [0.29, 0.717) is 21.8 Å². The minimum absolute atomic E-state index is 0.251. The summed E-state index contributed by atoms with van der Waals surface area (Å²) >= 11 is 1.38. The molecule has 0 atom stereocenters. The van der Waals surface area contributed by atoms with Crippen LogP contribution in [-0.2, 0) is 4.79 Å². The standard InChI is InChI=1S/C17H19FN2O2S/c1-11(13-10-12(18)6-7-14(13)22-2)15-16(21)19-17(23-15)20-8-4-3-5-9-20/h6-7,10H,3-5,8-9H2,1-2H3/b15-11-. The third-order valence-corrected chi connectivity index (χ3v) is 5.33. The van der Waals surface area contributed by atoms with Crippen LogP contribution in [0.15, 0.2) is 28.1 Å². The summed E-state index contributed by atoms with van der Waals surface area (Å²) in [6, 6.07) is 4.32. The smallest absolute Gasteiger partial charge is 0.286 e. The van der Waals surface area contributed by atoms with Crippen LogP contribution < -0.4 is 4.74 Å². The fourth-order valence-corrected chi connectivity index (χ4v) is 3.87. The predicted molar refractivity (Wildman–Crippen MR) is 91.0 cm³/mol. The zero-order valence-electron chi connectivity index (χ0n) is 13.3. The summed E-state index contributed by atoms with van der Waals surface area (Å²) in [6.45, 7) is 3.69. The number of amidine groups is 1. The molecule has 2 aliphatic heterocycles. The Morgan fingerprint density at radius 1 is 1.30 bits per heavy atom. The van der Waals surface area contributed by atoms with Crippen molar-refractivity contribution in [3.05, 3.63) is 34.5 Å². The van der Waals surface area contributed by atoms with E-state index in [4.69, 9.17) is 4.74 Å². The van der Waals surface area contributed by atoms with Crippen LogP contribution in [0.3, 0.4) is 0 Å². The van der Waals surface area contributed by atoms with Gasteiger partial charge in [-0.3, -0.25) is 4.79 Å². The number of hydrogen-bond acceptors (Lipinski definition) is 4. The number of nitrogens with zero attached hydrogens (tertiary/aromatic N) is 2. The third kappa shape index (κ3) is 3.27. The average Bonchev–Trinajstić information content (AvgIpc) is 2.97. The summed E-state index contributed by atoms with van der Waals surface area (Å²) in [6.07, 6.45) is 3.48. The highest BCUT2D eigenvalue weighted by atomic mass is 32.2. The highest BCUT2D eigenvalue weighted by Gasteiger charge is 2.29. The van der Waals surface area contributed by atoms with Gasteiger partial charge >= 0.3 is 0 Å². The first kappa shape index (κ1) is 16.1. The number of allylic oxidation sites excluding steroid dienone is 1. The van der Waals surface area contributed by atoms with Crippen molar-refractivity contribution in [2.45, 2.75) is 26.2 Å². The van der Waals surface area contributed by atoms with Crippen LogP contribution in [0.1, 0.15) is 31.7 Å². The Morgan fingerprint density at radius 3 is 2.74 bits per heavy atom. The second kappa shape index (κ2) is 6.74. The lowest BCUT2D eigenvalue weighted by Gasteiger charge is -2.27. The molecule has 0 spiro atoms. The van der Waals surface area contributed by atoms with E-state index >= 15 is 0 Å². The molecule has 0 aliphatic carbocycles. The van der Waals surface area contributed by atoms with E-state index in [2.05, 4.69) is 9.89 Å². The molecule has 0 radical (unpaired) electrons. The fraction of sp³-hybridized carbons (Fsp3) is 0.412. The number of benzene rings is 1. The zero-order chi connectivity index (χ0) is 16.4. The van der Waals surface area contributed by atoms with Crippen LogP contribution in [0.25, 0.3) is 5.57 Å². The van der Waals surface area contributed by atoms with Gasteiger partial charge in [0.1, 0.15) is 11.6 Å². The van der Waals surface area contributed by atoms with Crippen LogP contribution in [0.2, 0.25) is 0 Å². The second-order valence-corrected chi connectivity index (χ2v) is 6.63. The van der Waals surface area contributed by atoms with Gasteiger partial charge in [0.15, 0.2) is 5.17 Å². The number of amides is 1. The first-order valence-electron chi connectivity index (χ1n) is 7.71. The Labute approximate surface area is 139 Å². The maximum absolute atomic E-state index is 13.6. The van der Waals surface area contributed by atoms with E-state index in [-0.39, 0.29) is 11.7 Å². The number of halogens is 1. The average molecular weight is 334 g/mol. The molecule has 0 aromatic heterocycles. The SMILES string of the molecule is COc1ccc(F)cc1/C(C)=C1\SC(N2CCCCC2)=NC1=O. The number of piperidine rings is 1. The Hall–Kier alpha value is -1.82. The summed E-state index contributed by atoms with van der Waals surface area (Å²) in [5.74, 6) is -0.0519. The molecule has 1 fully saturated rings. The lowest BCUT2D eigenvalue weighted by atomic mass is 10.1. The number of hydrogen-bond donors (Lipinski definition) is 0. The quantitative estimate of drug-likeness (QED) is 0.774. The van der Waals surface area contributed by atoms with Crippen LogP contribution in [0.4, 0.5) is 4.39 Å². The molecule has 0 N–H and O–H groups in total. The molecule has 0 bridgehead atoms. The van der Waals surface area contributed by atoms with Gasteiger partial charge in [-0.25, -0.2) is 4.39 Å². The predicted octanol–water partition coefficient (Wildman–Crippen LogP) is 3.68. The molecule has 4 nitrogen and oxygen atoms in total. The van der Waals surface area contributed by atoms with Gasteiger partial charge in [-0.05, 0) is 61.7 Å². The molecule has 1 aromatic carbocycles. The first-order valence-corrected chi connectivity index (χ1v) is 8.52. The van der Waals surface area contributed by atoms with Crippen molar-refractivity contribution in [3.63, 3.8) is 0 Å². The molecule has 1 amide bonds. The van der Waals surface area contributed by atoms with Crippen molar-refractivity contribution < 1.29 is 13.9 Å². The van der Waals surface area contributed by atoms with Crippen LogP contribution in [-0.4, -0.2) is 36.2 Å². The highest BCUT2D eigenvalue weighted by molar-refractivity contribution is 8.18. The number of carbonyl (C=O) groups is 1. The maximum Gasteiger partial charge on any atom is 0.286 e. The molecule has 122 valence electrons. The number of methoxy groups -OCH3 is 1. The van der Waals surface area contributed by atoms with Crippen LogP contribution in [0, 0.1) is 5.82 Å². The Kier molecular flexibility index (Phi) is 4.71. The molecule has 3 rings (SSSR count). The Morgan fingerprint density at radius 2 is 2.04 bits per heavy atom. The van der Waals surface area contributed by atoms with E-state index in [9.17, 15) is 9.18 Å². The number of carbonyl (C=O) groups excluding carboxylic acids is 1. The van der Waals surface area contributed by atoms with Crippen molar-refractivity contribution in [2.75, 3.05) is 20.2 Å². The molecule has 2 heterocycles. The normalized spacial score (nSPS) is 20.6. The van der Waals surface area contributed by atoms with E-state index in [1.54, 1.807) is 6.07 Å². The van der Waals surface area contributed by atoms with Crippen LogP contribution in [0.5, 0.6) is 5.75 Å². The largest absolute Gasteiger partial charge is 0.496 e. The number of rotatable bonds is 2. The summed E-state index contributed by atoms with van der Waals surface area (Å²) in [5, 5.41) is 0.763. The molecule has 1 aromatic rings. The Bertz CT molecular complexity index is 694. The molecule has 6 heteroatoms. The van der Waals surface area contributed by atoms with Crippen molar-refractivity contribution in [1.82, 2.24) is 4.90 Å². The summed E-state index contributed by atoms with van der Waals surface area (Å²) in [7, 11) is 1.54. The summed E-state index contributed by atoms with van der Waals surface area (Å²) < 4.78 is 18.9. The van der Waals surface area contributed by atoms with Crippen molar-refractivity contribution in [1.29, 1.82) is 0 Å². The van der Waals surface area contributed by atoms with E-state index in [1.807, 2.05) is 6.92 Å². The van der Waals surface area contributed by atoms with E-state index in [1.165, 1.54) is 37.4 Å². The lowest BCUT2D eigenvalue weighted by molar-refractivity contribution is -0.113. The second-order valence-electron chi connectivity index (χ2n) is 5.65. The molecule has 1 saturated heterocycles. The van der Waals surface area contributed by atoms with Gasteiger partial charge in [-0.2, -0.15) is 4.99 Å². The Balaban J connectivity index is 1.90. The first-order chi connectivity index (χ1) is 11.1. The van der Waals surface area contributed by atoms with E-state index in [0.717, 1.165) is 31.1 Å². The molecule has 0 unspecified atom stereocenters. The summed E-state index contributed by atoms with van der Waals surface area (Å²) in [4.78, 5) is 19.2. The van der Waals surface area contributed by atoms with Gasteiger partial charge in [0.25, 0.3) is 5.91 Å². The van der Waals surface area contributed by atoms with Crippen molar-refractivity contribution >= 4 is 28.4 Å². The van der Waals surface area contributed by atoms with Gasteiger partial charge < -0.3 is 9.64 Å². The minimum atomic E-state index is -0.353. The number of ether oxygens (including phenoxy) is 1. The molecule has 0 saturated carbocycles. The van der Waals surface area contributed by atoms with Crippen LogP contribution >= 0.6 is 11.8 Å². The number of aliphatic imine (C=N–C) groups is 1. The molecular formula is C17H19FN2O2S. The lowest BCUT2D eigenvalue weighted by Crippen LogP contribution is -2.33. The van der Waals surface area contributed by atoms with Gasteiger partial charge in [0.05, 0.1) is 12.0 Å². The summed E-state index contributed by atoms with van der Waals surface area (Å²) in [5.41, 5.74) is 1.30. The molecular weight excluding hydrogens is 315 g/mol. The van der Waals surface area contributed by atoms with Crippen molar-refractivity contribution in [3.8, 4) is 5.75 Å². The topological polar surface area (TPSA) is 41.9 Å². The number of likely N-dealkylation sites (tertiary alicyclic amines) is 1. The van der Waals surface area contributed by atoms with E-state index < -0.39 is 0 Å². The fourth-order valence-electron chi connectivity index (χ4n) is 2.85. The monoisotopic (exact) mass is 334 g/mol. The minimum Gasteiger partial charge on any atom is -0.496 e. The number of thioether (sulfide) groups is 1. The zero-order valence-corrected chi connectivity index (χ0v) is 14.1. The van der Waals surface area contributed by atoms with Gasteiger partial charge in [0, 0.05) is 18.7 Å².